The molecular formula is C48H30S. The van der Waals surface area contributed by atoms with Crippen molar-refractivity contribution in [2.75, 3.05) is 0 Å². The van der Waals surface area contributed by atoms with E-state index in [9.17, 15) is 0 Å². The van der Waals surface area contributed by atoms with Crippen LogP contribution in [0.4, 0.5) is 0 Å². The van der Waals surface area contributed by atoms with Gasteiger partial charge < -0.3 is 0 Å². The van der Waals surface area contributed by atoms with E-state index in [1.165, 1.54) is 86.2 Å². The van der Waals surface area contributed by atoms with Crippen LogP contribution in [-0.2, 0) is 0 Å². The van der Waals surface area contributed by atoms with Gasteiger partial charge in [-0.25, -0.2) is 0 Å². The first kappa shape index (κ1) is 27.0. The Labute approximate surface area is 290 Å². The van der Waals surface area contributed by atoms with Gasteiger partial charge in [-0.2, -0.15) is 0 Å². The molecule has 0 N–H and O–H groups in total. The molecule has 0 saturated heterocycles. The summed E-state index contributed by atoms with van der Waals surface area (Å²) >= 11 is 1.89. The summed E-state index contributed by atoms with van der Waals surface area (Å²) in [7, 11) is 0. The molecule has 10 aromatic rings. The monoisotopic (exact) mass is 639 g/mol. The van der Waals surface area contributed by atoms with Crippen LogP contribution in [0.2, 0.25) is 0 Å². The van der Waals surface area contributed by atoms with Crippen molar-refractivity contribution < 1.29 is 1.37 Å². The van der Waals surface area contributed by atoms with Crippen LogP contribution in [0.15, 0.2) is 182 Å². The van der Waals surface area contributed by atoms with Crippen molar-refractivity contribution in [2.24, 2.45) is 0 Å². The summed E-state index contributed by atoms with van der Waals surface area (Å²) in [6.07, 6.45) is 0. The molecule has 0 nitrogen and oxygen atoms in total. The predicted molar refractivity (Wildman–Crippen MR) is 214 cm³/mol. The maximum absolute atomic E-state index is 7.98. The molecule has 10 rings (SSSR count). The lowest BCUT2D eigenvalue weighted by atomic mass is 9.84. The molecule has 0 aliphatic carbocycles. The lowest BCUT2D eigenvalue weighted by Gasteiger charge is -2.19. The summed E-state index contributed by atoms with van der Waals surface area (Å²) in [5, 5.41) is 9.92. The second-order valence-corrected chi connectivity index (χ2v) is 13.8. The Bertz CT molecular complexity index is 2860. The first-order valence-electron chi connectivity index (χ1n) is 17.3. The van der Waals surface area contributed by atoms with Crippen LogP contribution in [0.1, 0.15) is 1.37 Å². The first-order chi connectivity index (χ1) is 24.7. The van der Waals surface area contributed by atoms with Gasteiger partial charge in [0.1, 0.15) is 0 Å². The highest BCUT2D eigenvalue weighted by molar-refractivity contribution is 7.26. The Hall–Kier alpha value is -6.02. The zero-order chi connectivity index (χ0) is 33.2. The third-order valence-electron chi connectivity index (χ3n) is 10.0. The van der Waals surface area contributed by atoms with Crippen molar-refractivity contribution in [3.05, 3.63) is 182 Å². The molecule has 49 heavy (non-hydrogen) atoms. The molecule has 0 radical (unpaired) electrons. The fourth-order valence-corrected chi connectivity index (χ4v) is 9.01. The Morgan fingerprint density at radius 1 is 0.367 bits per heavy atom. The number of thiophene rings is 1. The number of rotatable bonds is 4. The van der Waals surface area contributed by atoms with Gasteiger partial charge in [0, 0.05) is 20.2 Å². The van der Waals surface area contributed by atoms with Gasteiger partial charge in [0.25, 0.3) is 0 Å². The molecule has 1 aromatic heterocycles. The van der Waals surface area contributed by atoms with Crippen LogP contribution in [0.3, 0.4) is 0 Å². The summed E-state index contributed by atoms with van der Waals surface area (Å²) in [5.41, 5.74) is 9.92. The Morgan fingerprint density at radius 2 is 0.959 bits per heavy atom. The SMILES string of the molecule is [2H]c1ccc2cc(-c3ccc(-c4c5ccccc5c(-c5ccc(-c6ccccc6)c6sc7ccccc7c56)c5ccccc45)cc3)ccc2c1. The van der Waals surface area contributed by atoms with Crippen LogP contribution in [0.25, 0.3) is 97.0 Å². The molecule has 0 fully saturated rings. The van der Waals surface area contributed by atoms with Gasteiger partial charge in [-0.1, -0.05) is 170 Å². The minimum atomic E-state index is 0.539. The van der Waals surface area contributed by atoms with Gasteiger partial charge in [-0.15, -0.1) is 11.3 Å². The van der Waals surface area contributed by atoms with E-state index < -0.39 is 0 Å². The van der Waals surface area contributed by atoms with E-state index >= 15 is 0 Å². The summed E-state index contributed by atoms with van der Waals surface area (Å²) in [6.45, 7) is 0. The van der Waals surface area contributed by atoms with Gasteiger partial charge in [0.15, 0.2) is 0 Å². The van der Waals surface area contributed by atoms with Crippen LogP contribution in [0, 0.1) is 0 Å². The van der Waals surface area contributed by atoms with Crippen molar-refractivity contribution in [3.63, 3.8) is 0 Å². The van der Waals surface area contributed by atoms with Crippen LogP contribution in [0.5, 0.6) is 0 Å². The molecule has 1 heterocycles. The molecule has 0 atom stereocenters. The molecule has 1 heteroatoms. The normalized spacial score (nSPS) is 12.0. The van der Waals surface area contributed by atoms with E-state index in [0.29, 0.717) is 6.04 Å². The smallest absolute Gasteiger partial charge is 0.0623 e. The molecule has 0 bridgehead atoms. The maximum atomic E-state index is 7.98. The van der Waals surface area contributed by atoms with Gasteiger partial charge >= 0.3 is 0 Å². The van der Waals surface area contributed by atoms with Crippen LogP contribution < -0.4 is 0 Å². The molecule has 0 amide bonds. The topological polar surface area (TPSA) is 0 Å². The fraction of sp³-hybridized carbons (Fsp3) is 0. The number of hydrogen-bond donors (Lipinski definition) is 0. The van der Waals surface area contributed by atoms with E-state index in [2.05, 4.69) is 158 Å². The third-order valence-corrected chi connectivity index (χ3v) is 11.2. The zero-order valence-electron chi connectivity index (χ0n) is 27.7. The molecule has 0 aliphatic heterocycles. The highest BCUT2D eigenvalue weighted by Gasteiger charge is 2.21. The average molecular weight is 640 g/mol. The van der Waals surface area contributed by atoms with Crippen molar-refractivity contribution in [2.45, 2.75) is 0 Å². The molecular weight excluding hydrogens is 609 g/mol. The van der Waals surface area contributed by atoms with E-state index in [-0.39, 0.29) is 0 Å². The Morgan fingerprint density at radius 3 is 1.69 bits per heavy atom. The minimum Gasteiger partial charge on any atom is -0.135 e. The summed E-state index contributed by atoms with van der Waals surface area (Å²) in [6, 6.07) is 64.1. The molecule has 0 unspecified atom stereocenters. The lowest BCUT2D eigenvalue weighted by molar-refractivity contribution is 1.63. The van der Waals surface area contributed by atoms with E-state index in [4.69, 9.17) is 1.37 Å². The predicted octanol–water partition coefficient (Wildman–Crippen LogP) is 14.2. The summed E-state index contributed by atoms with van der Waals surface area (Å²) < 4.78 is 10.6. The minimum absolute atomic E-state index is 0.539. The highest BCUT2D eigenvalue weighted by Crippen LogP contribution is 2.50. The average Bonchev–Trinajstić information content (AvgIpc) is 3.57. The van der Waals surface area contributed by atoms with E-state index in [1.54, 1.807) is 0 Å². The first-order valence-corrected chi connectivity index (χ1v) is 17.6. The largest absolute Gasteiger partial charge is 0.135 e. The summed E-state index contributed by atoms with van der Waals surface area (Å²) in [4.78, 5) is 0. The van der Waals surface area contributed by atoms with Gasteiger partial charge in [0.05, 0.1) is 1.37 Å². The maximum Gasteiger partial charge on any atom is 0.0623 e. The molecule has 228 valence electrons. The van der Waals surface area contributed by atoms with Crippen LogP contribution >= 0.6 is 11.3 Å². The second-order valence-electron chi connectivity index (χ2n) is 12.7. The number of benzene rings is 9. The van der Waals surface area contributed by atoms with E-state index in [1.807, 2.05) is 29.5 Å². The molecule has 0 spiro atoms. The number of hydrogen-bond acceptors (Lipinski definition) is 1. The van der Waals surface area contributed by atoms with Gasteiger partial charge in [-0.3, -0.25) is 0 Å². The Balaban J connectivity index is 1.21. The molecule has 0 saturated carbocycles. The van der Waals surface area contributed by atoms with Crippen molar-refractivity contribution in [1.82, 2.24) is 0 Å². The molecule has 9 aromatic carbocycles. The molecule has 0 aliphatic rings. The van der Waals surface area contributed by atoms with Gasteiger partial charge in [0.2, 0.25) is 0 Å². The standard InChI is InChI=1S/C48H30S/c1-2-13-33(14-3-1)37-28-29-43(47-42-20-10-11-21-44(42)49-48(37)47)46-40-18-8-6-16-38(40)45(39-17-7-9-19-41(39)46)34-25-22-32(23-26-34)36-27-24-31-12-4-5-15-35(31)30-36/h1-30H/i4D. The van der Waals surface area contributed by atoms with Gasteiger partial charge in [-0.05, 0) is 89.0 Å². The Kier molecular flexibility index (Phi) is 6.22. The second kappa shape index (κ2) is 11.3. The van der Waals surface area contributed by atoms with Crippen molar-refractivity contribution >= 4 is 63.8 Å². The quantitative estimate of drug-likeness (QED) is 0.168. The van der Waals surface area contributed by atoms with Crippen molar-refractivity contribution in [1.29, 1.82) is 0 Å². The van der Waals surface area contributed by atoms with E-state index in [0.717, 1.165) is 10.8 Å². The van der Waals surface area contributed by atoms with Crippen molar-refractivity contribution in [3.8, 4) is 44.5 Å². The number of fused-ring (bicyclic) bond motifs is 6. The third kappa shape index (κ3) is 4.51. The summed E-state index contributed by atoms with van der Waals surface area (Å²) in [5.74, 6) is 0. The van der Waals surface area contributed by atoms with Crippen LogP contribution in [-0.4, -0.2) is 0 Å². The highest BCUT2D eigenvalue weighted by atomic mass is 32.1. The zero-order valence-corrected chi connectivity index (χ0v) is 27.5. The lowest BCUT2D eigenvalue weighted by Crippen LogP contribution is -1.92. The fourth-order valence-electron chi connectivity index (χ4n) is 7.75.